The van der Waals surface area contributed by atoms with Crippen molar-refractivity contribution in [3.05, 3.63) is 24.3 Å². The molecule has 2 aromatic rings. The van der Waals surface area contributed by atoms with Crippen molar-refractivity contribution in [2.24, 2.45) is 0 Å². The minimum Gasteiger partial charge on any atom is -0.459 e. The zero-order valence-corrected chi connectivity index (χ0v) is 12.4. The molecule has 2 aromatic heterocycles. The van der Waals surface area contributed by atoms with Crippen molar-refractivity contribution in [2.75, 3.05) is 32.8 Å². The van der Waals surface area contributed by atoms with Crippen molar-refractivity contribution in [3.63, 3.8) is 0 Å². The highest BCUT2D eigenvalue weighted by Crippen LogP contribution is 2.18. The lowest BCUT2D eigenvalue weighted by Crippen LogP contribution is -2.48. The van der Waals surface area contributed by atoms with E-state index in [1.54, 1.807) is 30.2 Å². The second-order valence-corrected chi connectivity index (χ2v) is 4.94. The van der Waals surface area contributed by atoms with Crippen LogP contribution in [0.2, 0.25) is 0 Å². The van der Waals surface area contributed by atoms with Crippen molar-refractivity contribution in [1.82, 2.24) is 20.0 Å². The molecule has 22 heavy (non-hydrogen) atoms. The molecule has 1 fully saturated rings. The van der Waals surface area contributed by atoms with Crippen LogP contribution < -0.4 is 0 Å². The summed E-state index contributed by atoms with van der Waals surface area (Å²) in [7, 11) is 0. The lowest BCUT2D eigenvalue weighted by Gasteiger charge is -2.33. The summed E-state index contributed by atoms with van der Waals surface area (Å²) in [5, 5.41) is 8.00. The molecular formula is C14H18N4O4. The highest BCUT2D eigenvalue weighted by Gasteiger charge is 2.23. The number of ether oxygens (including phenoxy) is 1. The molecule has 1 aliphatic heterocycles. The highest BCUT2D eigenvalue weighted by molar-refractivity contribution is 5.67. The molecule has 0 N–H and O–H groups in total. The molecule has 0 bridgehead atoms. The Morgan fingerprint density at radius 1 is 1.32 bits per heavy atom. The third-order valence-corrected chi connectivity index (χ3v) is 3.46. The van der Waals surface area contributed by atoms with Gasteiger partial charge < -0.3 is 18.5 Å². The van der Waals surface area contributed by atoms with Crippen LogP contribution in [-0.2, 0) is 11.3 Å². The number of piperazine rings is 1. The van der Waals surface area contributed by atoms with E-state index in [1.165, 1.54) is 0 Å². The average molecular weight is 306 g/mol. The molecule has 3 heterocycles. The van der Waals surface area contributed by atoms with Crippen molar-refractivity contribution in [3.8, 4) is 11.7 Å². The number of aromatic nitrogens is 2. The number of hydrogen-bond donors (Lipinski definition) is 0. The Kier molecular flexibility index (Phi) is 4.38. The first-order chi connectivity index (χ1) is 10.8. The summed E-state index contributed by atoms with van der Waals surface area (Å²) in [5.74, 6) is 1.48. The van der Waals surface area contributed by atoms with Crippen LogP contribution in [-0.4, -0.2) is 58.9 Å². The van der Waals surface area contributed by atoms with Gasteiger partial charge in [-0.3, -0.25) is 4.90 Å². The van der Waals surface area contributed by atoms with E-state index < -0.39 is 0 Å². The van der Waals surface area contributed by atoms with Gasteiger partial charge in [0.05, 0.1) is 19.4 Å². The predicted octanol–water partition coefficient (Wildman–Crippen LogP) is 1.60. The molecule has 118 valence electrons. The maximum Gasteiger partial charge on any atom is 0.409 e. The molecular weight excluding hydrogens is 288 g/mol. The van der Waals surface area contributed by atoms with E-state index in [0.29, 0.717) is 43.8 Å². The number of amides is 1. The summed E-state index contributed by atoms with van der Waals surface area (Å²) in [6.45, 7) is 5.53. The second-order valence-electron chi connectivity index (χ2n) is 4.94. The Bertz CT molecular complexity index is 602. The Morgan fingerprint density at radius 2 is 2.14 bits per heavy atom. The van der Waals surface area contributed by atoms with Crippen LogP contribution in [0.1, 0.15) is 12.8 Å². The minimum atomic E-state index is -0.250. The smallest absolute Gasteiger partial charge is 0.409 e. The summed E-state index contributed by atoms with van der Waals surface area (Å²) in [4.78, 5) is 15.5. The van der Waals surface area contributed by atoms with E-state index >= 15 is 0 Å². The molecule has 0 unspecified atom stereocenters. The van der Waals surface area contributed by atoms with Gasteiger partial charge in [-0.05, 0) is 19.1 Å². The third kappa shape index (κ3) is 3.28. The number of furan rings is 1. The highest BCUT2D eigenvalue weighted by atomic mass is 16.6. The van der Waals surface area contributed by atoms with Gasteiger partial charge in [-0.1, -0.05) is 0 Å². The monoisotopic (exact) mass is 306 g/mol. The van der Waals surface area contributed by atoms with E-state index in [-0.39, 0.29) is 6.09 Å². The van der Waals surface area contributed by atoms with Crippen LogP contribution in [0, 0.1) is 0 Å². The molecule has 1 aliphatic rings. The second kappa shape index (κ2) is 6.61. The van der Waals surface area contributed by atoms with Crippen molar-refractivity contribution >= 4 is 6.09 Å². The van der Waals surface area contributed by atoms with E-state index in [1.807, 2.05) is 0 Å². The third-order valence-electron chi connectivity index (χ3n) is 3.46. The fraction of sp³-hybridized carbons (Fsp3) is 0.500. The van der Waals surface area contributed by atoms with Gasteiger partial charge in [-0.15, -0.1) is 10.2 Å². The molecule has 0 aliphatic carbocycles. The van der Waals surface area contributed by atoms with Crippen LogP contribution >= 0.6 is 0 Å². The zero-order chi connectivity index (χ0) is 15.4. The molecule has 1 amide bonds. The van der Waals surface area contributed by atoms with Gasteiger partial charge in [0.25, 0.3) is 5.89 Å². The Morgan fingerprint density at radius 3 is 2.82 bits per heavy atom. The van der Waals surface area contributed by atoms with Crippen molar-refractivity contribution in [2.45, 2.75) is 13.5 Å². The van der Waals surface area contributed by atoms with E-state index in [2.05, 4.69) is 15.1 Å². The fourth-order valence-corrected chi connectivity index (χ4v) is 2.31. The van der Waals surface area contributed by atoms with Crippen LogP contribution in [0.15, 0.2) is 27.2 Å². The molecule has 0 spiro atoms. The number of rotatable bonds is 4. The van der Waals surface area contributed by atoms with Gasteiger partial charge >= 0.3 is 6.09 Å². The first-order valence-corrected chi connectivity index (χ1v) is 7.26. The topological polar surface area (TPSA) is 84.8 Å². The molecule has 0 radical (unpaired) electrons. The van der Waals surface area contributed by atoms with E-state index in [4.69, 9.17) is 13.6 Å². The predicted molar refractivity (Wildman–Crippen MR) is 75.9 cm³/mol. The molecule has 8 nitrogen and oxygen atoms in total. The molecule has 8 heteroatoms. The quantitative estimate of drug-likeness (QED) is 0.848. The van der Waals surface area contributed by atoms with Gasteiger partial charge in [-0.25, -0.2) is 4.79 Å². The minimum absolute atomic E-state index is 0.250. The molecule has 0 saturated carbocycles. The Balaban J connectivity index is 1.52. The first-order valence-electron chi connectivity index (χ1n) is 7.26. The average Bonchev–Trinajstić information content (AvgIpc) is 3.19. The van der Waals surface area contributed by atoms with Crippen LogP contribution in [0.25, 0.3) is 11.7 Å². The summed E-state index contributed by atoms with van der Waals surface area (Å²) in [6.07, 6.45) is 1.31. The number of hydrogen-bond acceptors (Lipinski definition) is 7. The van der Waals surface area contributed by atoms with Gasteiger partial charge in [0.2, 0.25) is 5.89 Å². The van der Waals surface area contributed by atoms with Gasteiger partial charge in [0.15, 0.2) is 5.76 Å². The molecule has 0 atom stereocenters. The SMILES string of the molecule is CCOC(=O)N1CCN(Cc2nnc(-c3ccco3)o2)CC1. The number of carbonyl (C=O) groups excluding carboxylic acids is 1. The van der Waals surface area contributed by atoms with Gasteiger partial charge in [-0.2, -0.15) is 0 Å². The van der Waals surface area contributed by atoms with Gasteiger partial charge in [0.1, 0.15) is 0 Å². The molecule has 0 aromatic carbocycles. The van der Waals surface area contributed by atoms with Crippen molar-refractivity contribution in [1.29, 1.82) is 0 Å². The Hall–Kier alpha value is -2.35. The van der Waals surface area contributed by atoms with Crippen molar-refractivity contribution < 1.29 is 18.4 Å². The van der Waals surface area contributed by atoms with Crippen LogP contribution in [0.3, 0.4) is 0 Å². The van der Waals surface area contributed by atoms with Crippen LogP contribution in [0.4, 0.5) is 4.79 Å². The maximum absolute atomic E-state index is 11.6. The van der Waals surface area contributed by atoms with Crippen LogP contribution in [0.5, 0.6) is 0 Å². The lowest BCUT2D eigenvalue weighted by molar-refractivity contribution is 0.0756. The van der Waals surface area contributed by atoms with E-state index in [9.17, 15) is 4.79 Å². The number of carbonyl (C=O) groups is 1. The lowest BCUT2D eigenvalue weighted by atomic mass is 10.3. The summed E-state index contributed by atoms with van der Waals surface area (Å²) in [5.41, 5.74) is 0. The largest absolute Gasteiger partial charge is 0.459 e. The number of nitrogens with zero attached hydrogens (tertiary/aromatic N) is 4. The first kappa shape index (κ1) is 14.6. The zero-order valence-electron chi connectivity index (χ0n) is 12.4. The fourth-order valence-electron chi connectivity index (χ4n) is 2.31. The van der Waals surface area contributed by atoms with E-state index in [0.717, 1.165) is 13.1 Å². The maximum atomic E-state index is 11.6. The summed E-state index contributed by atoms with van der Waals surface area (Å²) < 4.78 is 15.8. The summed E-state index contributed by atoms with van der Waals surface area (Å²) >= 11 is 0. The van der Waals surface area contributed by atoms with Gasteiger partial charge in [0, 0.05) is 26.2 Å². The normalized spacial score (nSPS) is 16.0. The molecule has 3 rings (SSSR count). The molecule has 1 saturated heterocycles. The standard InChI is InChI=1S/C14H18N4O4/c1-2-20-14(19)18-7-5-17(6-8-18)10-12-15-16-13(22-12)11-4-3-9-21-11/h3-4,9H,2,5-8,10H2,1H3. The summed E-state index contributed by atoms with van der Waals surface area (Å²) in [6, 6.07) is 3.54. The Labute approximate surface area is 127 Å².